The molecule has 0 bridgehead atoms. The summed E-state index contributed by atoms with van der Waals surface area (Å²) in [6.45, 7) is 8.91. The van der Waals surface area contributed by atoms with E-state index in [0.29, 0.717) is 12.6 Å². The molecule has 2 unspecified atom stereocenters. The van der Waals surface area contributed by atoms with Gasteiger partial charge in [0, 0.05) is 19.1 Å². The first kappa shape index (κ1) is 14.5. The Morgan fingerprint density at radius 3 is 2.65 bits per heavy atom. The maximum Gasteiger partial charge on any atom is 0.236 e. The molecule has 0 aliphatic carbocycles. The van der Waals surface area contributed by atoms with Crippen molar-refractivity contribution in [2.24, 2.45) is 0 Å². The average Bonchev–Trinajstić information content (AvgIpc) is 2.66. The van der Waals surface area contributed by atoms with Gasteiger partial charge in [0.2, 0.25) is 5.91 Å². The van der Waals surface area contributed by atoms with Crippen LogP contribution < -0.4 is 0 Å². The molecule has 4 nitrogen and oxygen atoms in total. The van der Waals surface area contributed by atoms with Crippen LogP contribution in [0.2, 0.25) is 0 Å². The zero-order valence-electron chi connectivity index (χ0n) is 11.4. The van der Waals surface area contributed by atoms with Gasteiger partial charge in [-0.25, -0.2) is 0 Å². The molecule has 100 valence electrons. The quantitative estimate of drug-likeness (QED) is 0.758. The van der Waals surface area contributed by atoms with Crippen molar-refractivity contribution in [1.82, 2.24) is 9.80 Å². The minimum absolute atomic E-state index is 0.215. The highest BCUT2D eigenvalue weighted by molar-refractivity contribution is 5.78. The number of amides is 1. The number of likely N-dealkylation sites (N-methyl/N-ethyl adjacent to an activating group) is 1. The highest BCUT2D eigenvalue weighted by atomic mass is 16.3. The van der Waals surface area contributed by atoms with Crippen LogP contribution in [0.3, 0.4) is 0 Å². The predicted octanol–water partition coefficient (Wildman–Crippen LogP) is 1.09. The molecule has 4 heteroatoms. The molecule has 1 rings (SSSR count). The van der Waals surface area contributed by atoms with Crippen LogP contribution in [0.15, 0.2) is 0 Å². The van der Waals surface area contributed by atoms with Gasteiger partial charge in [0.15, 0.2) is 0 Å². The van der Waals surface area contributed by atoms with Gasteiger partial charge in [0.1, 0.15) is 0 Å². The number of rotatable bonds is 6. The van der Waals surface area contributed by atoms with E-state index in [1.165, 1.54) is 0 Å². The molecule has 0 saturated carbocycles. The summed E-state index contributed by atoms with van der Waals surface area (Å²) in [5.74, 6) is 0.215. The van der Waals surface area contributed by atoms with E-state index in [1.54, 1.807) is 0 Å². The van der Waals surface area contributed by atoms with Crippen LogP contribution in [-0.4, -0.2) is 59.1 Å². The number of aliphatic hydroxyl groups is 1. The summed E-state index contributed by atoms with van der Waals surface area (Å²) in [4.78, 5) is 16.1. The number of hydrogen-bond acceptors (Lipinski definition) is 3. The molecule has 0 radical (unpaired) electrons. The highest BCUT2D eigenvalue weighted by Crippen LogP contribution is 2.21. The zero-order chi connectivity index (χ0) is 12.8. The predicted molar refractivity (Wildman–Crippen MR) is 68.8 cm³/mol. The number of aliphatic hydroxyl groups excluding tert-OH is 1. The van der Waals surface area contributed by atoms with Gasteiger partial charge in [-0.1, -0.05) is 0 Å². The molecule has 0 aromatic rings. The summed E-state index contributed by atoms with van der Waals surface area (Å²) < 4.78 is 0. The molecule has 17 heavy (non-hydrogen) atoms. The second-order valence-corrected chi connectivity index (χ2v) is 4.92. The van der Waals surface area contributed by atoms with E-state index in [4.69, 9.17) is 0 Å². The Labute approximate surface area is 105 Å². The van der Waals surface area contributed by atoms with Crippen molar-refractivity contribution in [3.8, 4) is 0 Å². The SMILES string of the molecule is CCN(CC)C(=O)CN1CCCC1CC(C)O. The molecule has 0 spiro atoms. The Bertz CT molecular complexity index is 240. The van der Waals surface area contributed by atoms with Crippen LogP contribution >= 0.6 is 0 Å². The van der Waals surface area contributed by atoms with Crippen LogP contribution in [0.25, 0.3) is 0 Å². The van der Waals surface area contributed by atoms with Gasteiger partial charge < -0.3 is 10.0 Å². The molecule has 1 aliphatic rings. The third-order valence-electron chi connectivity index (χ3n) is 3.57. The smallest absolute Gasteiger partial charge is 0.236 e. The number of carbonyl (C=O) groups excluding carboxylic acids is 1. The third-order valence-corrected chi connectivity index (χ3v) is 3.57. The first-order chi connectivity index (χ1) is 8.08. The van der Waals surface area contributed by atoms with Crippen LogP contribution in [0.5, 0.6) is 0 Å². The van der Waals surface area contributed by atoms with Crippen LogP contribution in [-0.2, 0) is 4.79 Å². The molecule has 1 saturated heterocycles. The molecule has 1 N–H and O–H groups in total. The molecule has 1 fully saturated rings. The lowest BCUT2D eigenvalue weighted by Crippen LogP contribution is -2.42. The van der Waals surface area contributed by atoms with Crippen LogP contribution in [0, 0.1) is 0 Å². The Hall–Kier alpha value is -0.610. The van der Waals surface area contributed by atoms with Crippen molar-refractivity contribution in [2.75, 3.05) is 26.2 Å². The van der Waals surface area contributed by atoms with Crippen molar-refractivity contribution in [1.29, 1.82) is 0 Å². The summed E-state index contributed by atoms with van der Waals surface area (Å²) in [5, 5.41) is 9.44. The van der Waals surface area contributed by atoms with Gasteiger partial charge in [-0.15, -0.1) is 0 Å². The van der Waals surface area contributed by atoms with E-state index in [0.717, 1.165) is 38.9 Å². The van der Waals surface area contributed by atoms with Gasteiger partial charge in [0.25, 0.3) is 0 Å². The number of carbonyl (C=O) groups is 1. The van der Waals surface area contributed by atoms with Crippen molar-refractivity contribution in [3.05, 3.63) is 0 Å². The van der Waals surface area contributed by atoms with Crippen molar-refractivity contribution < 1.29 is 9.90 Å². The van der Waals surface area contributed by atoms with E-state index in [-0.39, 0.29) is 12.0 Å². The van der Waals surface area contributed by atoms with E-state index in [1.807, 2.05) is 25.7 Å². The summed E-state index contributed by atoms with van der Waals surface area (Å²) in [5.41, 5.74) is 0. The number of nitrogens with zero attached hydrogens (tertiary/aromatic N) is 2. The maximum absolute atomic E-state index is 12.0. The van der Waals surface area contributed by atoms with E-state index >= 15 is 0 Å². The normalized spacial score (nSPS) is 22.7. The fourth-order valence-electron chi connectivity index (χ4n) is 2.61. The molecule has 0 aromatic carbocycles. The van der Waals surface area contributed by atoms with Crippen molar-refractivity contribution in [2.45, 2.75) is 52.2 Å². The molecular formula is C13H26N2O2. The topological polar surface area (TPSA) is 43.8 Å². The highest BCUT2D eigenvalue weighted by Gasteiger charge is 2.27. The van der Waals surface area contributed by atoms with Gasteiger partial charge >= 0.3 is 0 Å². The summed E-state index contributed by atoms with van der Waals surface area (Å²) in [7, 11) is 0. The van der Waals surface area contributed by atoms with Crippen LogP contribution in [0.1, 0.15) is 40.0 Å². The lowest BCUT2D eigenvalue weighted by atomic mass is 10.1. The van der Waals surface area contributed by atoms with E-state index in [2.05, 4.69) is 4.90 Å². The zero-order valence-corrected chi connectivity index (χ0v) is 11.4. The summed E-state index contributed by atoms with van der Waals surface area (Å²) >= 11 is 0. The van der Waals surface area contributed by atoms with Crippen molar-refractivity contribution >= 4 is 5.91 Å². The first-order valence-electron chi connectivity index (χ1n) is 6.78. The Morgan fingerprint density at radius 2 is 2.12 bits per heavy atom. The standard InChI is InChI=1S/C13H26N2O2/c1-4-14(5-2)13(17)10-15-8-6-7-12(15)9-11(3)16/h11-12,16H,4-10H2,1-3H3. The summed E-state index contributed by atoms with van der Waals surface area (Å²) in [6.07, 6.45) is 2.76. The largest absolute Gasteiger partial charge is 0.393 e. The number of hydrogen-bond donors (Lipinski definition) is 1. The van der Waals surface area contributed by atoms with Gasteiger partial charge in [-0.05, 0) is 46.6 Å². The van der Waals surface area contributed by atoms with E-state index in [9.17, 15) is 9.90 Å². The van der Waals surface area contributed by atoms with E-state index < -0.39 is 0 Å². The average molecular weight is 242 g/mol. The minimum Gasteiger partial charge on any atom is -0.393 e. The van der Waals surface area contributed by atoms with Gasteiger partial charge in [-0.3, -0.25) is 9.69 Å². The third kappa shape index (κ3) is 4.28. The molecule has 2 atom stereocenters. The summed E-state index contributed by atoms with van der Waals surface area (Å²) in [6, 6.07) is 0.384. The van der Waals surface area contributed by atoms with Crippen LogP contribution in [0.4, 0.5) is 0 Å². The molecule has 1 heterocycles. The molecule has 1 aliphatic heterocycles. The number of likely N-dealkylation sites (tertiary alicyclic amines) is 1. The Kier molecular flexibility index (Phi) is 5.92. The van der Waals surface area contributed by atoms with Gasteiger partial charge in [0.05, 0.1) is 12.6 Å². The Balaban J connectivity index is 2.46. The molecule has 1 amide bonds. The lowest BCUT2D eigenvalue weighted by molar-refractivity contribution is -0.132. The lowest BCUT2D eigenvalue weighted by Gasteiger charge is -2.27. The second kappa shape index (κ2) is 6.97. The fraction of sp³-hybridized carbons (Fsp3) is 0.923. The molecule has 0 aromatic heterocycles. The minimum atomic E-state index is -0.274. The first-order valence-corrected chi connectivity index (χ1v) is 6.78. The van der Waals surface area contributed by atoms with Gasteiger partial charge in [-0.2, -0.15) is 0 Å². The Morgan fingerprint density at radius 1 is 1.47 bits per heavy atom. The van der Waals surface area contributed by atoms with Crippen molar-refractivity contribution in [3.63, 3.8) is 0 Å². The monoisotopic (exact) mass is 242 g/mol. The molecular weight excluding hydrogens is 216 g/mol. The second-order valence-electron chi connectivity index (χ2n) is 4.92. The maximum atomic E-state index is 12.0. The fourth-order valence-corrected chi connectivity index (χ4v) is 2.61.